The third-order valence-corrected chi connectivity index (χ3v) is 3.24. The molecule has 1 atom stereocenters. The van der Waals surface area contributed by atoms with Gasteiger partial charge in [0, 0.05) is 10.5 Å². The van der Waals surface area contributed by atoms with Crippen molar-refractivity contribution in [3.63, 3.8) is 0 Å². The monoisotopic (exact) mass is 343 g/mol. The van der Waals surface area contributed by atoms with E-state index < -0.39 is 12.8 Å². The summed E-state index contributed by atoms with van der Waals surface area (Å²) >= 11 is 3.27. The molecule has 0 bridgehead atoms. The van der Waals surface area contributed by atoms with Crippen LogP contribution >= 0.6 is 15.9 Å². The van der Waals surface area contributed by atoms with Gasteiger partial charge in [-0.1, -0.05) is 15.9 Å². The maximum atomic E-state index is 13.1. The summed E-state index contributed by atoms with van der Waals surface area (Å²) in [7, 11) is 1.62. The number of ether oxygens (including phenoxy) is 1. The Bertz CT molecular complexity index is 411. The molecule has 0 fully saturated rings. The molecule has 0 aliphatic carbocycles. The van der Waals surface area contributed by atoms with E-state index in [1.165, 1.54) is 12.1 Å². The maximum absolute atomic E-state index is 13.1. The highest BCUT2D eigenvalue weighted by molar-refractivity contribution is 9.10. The van der Waals surface area contributed by atoms with Gasteiger partial charge in [-0.3, -0.25) is 0 Å². The van der Waals surface area contributed by atoms with E-state index in [0.717, 1.165) is 0 Å². The van der Waals surface area contributed by atoms with Crippen molar-refractivity contribution in [1.29, 1.82) is 0 Å². The fourth-order valence-electron chi connectivity index (χ4n) is 1.53. The second kappa shape index (κ2) is 7.21. The van der Waals surface area contributed by atoms with E-state index in [-0.39, 0.29) is 18.5 Å². The lowest BCUT2D eigenvalue weighted by atomic mass is 10.1. The summed E-state index contributed by atoms with van der Waals surface area (Å²) in [4.78, 5) is 0. The Hall–Kier alpha value is -0.660. The molecule has 0 saturated carbocycles. The van der Waals surface area contributed by atoms with Gasteiger partial charge >= 0.3 is 6.18 Å². The van der Waals surface area contributed by atoms with Gasteiger partial charge in [0.05, 0.1) is 6.61 Å². The van der Waals surface area contributed by atoms with Crippen LogP contribution in [0.15, 0.2) is 22.7 Å². The molecule has 1 unspecified atom stereocenters. The van der Waals surface area contributed by atoms with Gasteiger partial charge < -0.3 is 10.1 Å². The second-order valence-electron chi connectivity index (χ2n) is 4.06. The predicted molar refractivity (Wildman–Crippen MR) is 67.5 cm³/mol. The fraction of sp³-hybridized carbons (Fsp3) is 0.500. The first kappa shape index (κ1) is 16.4. The zero-order chi connectivity index (χ0) is 14.5. The van der Waals surface area contributed by atoms with Gasteiger partial charge in [0.15, 0.2) is 0 Å². The van der Waals surface area contributed by atoms with E-state index in [0.29, 0.717) is 16.5 Å². The SMILES string of the molecule is CNC(COCC(F)(F)F)Cc1cc(F)ccc1Br. The highest BCUT2D eigenvalue weighted by Crippen LogP contribution is 2.20. The van der Waals surface area contributed by atoms with Crippen molar-refractivity contribution in [1.82, 2.24) is 5.32 Å². The second-order valence-corrected chi connectivity index (χ2v) is 4.91. The zero-order valence-electron chi connectivity index (χ0n) is 10.2. The van der Waals surface area contributed by atoms with Gasteiger partial charge in [-0.2, -0.15) is 13.2 Å². The Morgan fingerprint density at radius 3 is 2.63 bits per heavy atom. The normalized spacial score (nSPS) is 13.6. The van der Waals surface area contributed by atoms with E-state index in [9.17, 15) is 17.6 Å². The molecule has 108 valence electrons. The van der Waals surface area contributed by atoms with Crippen LogP contribution in [0.3, 0.4) is 0 Å². The average molecular weight is 344 g/mol. The highest BCUT2D eigenvalue weighted by Gasteiger charge is 2.27. The van der Waals surface area contributed by atoms with Gasteiger partial charge in [0.1, 0.15) is 12.4 Å². The molecule has 7 heteroatoms. The summed E-state index contributed by atoms with van der Waals surface area (Å²) in [6.07, 6.45) is -3.97. The van der Waals surface area contributed by atoms with Gasteiger partial charge in [0.25, 0.3) is 0 Å². The number of alkyl halides is 3. The molecule has 0 radical (unpaired) electrons. The number of rotatable bonds is 6. The lowest BCUT2D eigenvalue weighted by Gasteiger charge is -2.18. The molecule has 0 aliphatic rings. The molecule has 1 aromatic rings. The smallest absolute Gasteiger partial charge is 0.370 e. The molecule has 0 aliphatic heterocycles. The standard InChI is InChI=1S/C12H14BrF4NO/c1-18-10(6-19-7-12(15,16)17)5-8-4-9(14)2-3-11(8)13/h2-4,10,18H,5-7H2,1H3. The summed E-state index contributed by atoms with van der Waals surface area (Å²) in [5, 5.41) is 2.85. The molecule has 0 aromatic heterocycles. The van der Waals surface area contributed by atoms with E-state index in [1.54, 1.807) is 13.1 Å². The average Bonchev–Trinajstić information content (AvgIpc) is 2.30. The van der Waals surface area contributed by atoms with Crippen molar-refractivity contribution in [2.24, 2.45) is 0 Å². The topological polar surface area (TPSA) is 21.3 Å². The Labute approximate surface area is 117 Å². The molecule has 2 nitrogen and oxygen atoms in total. The van der Waals surface area contributed by atoms with Gasteiger partial charge in [0.2, 0.25) is 0 Å². The summed E-state index contributed by atoms with van der Waals surface area (Å²) in [6, 6.07) is 3.90. The van der Waals surface area contributed by atoms with Crippen LogP contribution < -0.4 is 5.32 Å². The first-order chi connectivity index (χ1) is 8.81. The molecule has 19 heavy (non-hydrogen) atoms. The molecular formula is C12H14BrF4NO. The van der Waals surface area contributed by atoms with Crippen molar-refractivity contribution in [2.45, 2.75) is 18.6 Å². The number of benzene rings is 1. The Morgan fingerprint density at radius 1 is 1.37 bits per heavy atom. The lowest BCUT2D eigenvalue weighted by Crippen LogP contribution is -2.34. The van der Waals surface area contributed by atoms with Crippen molar-refractivity contribution in [2.75, 3.05) is 20.3 Å². The Morgan fingerprint density at radius 2 is 2.05 bits per heavy atom. The summed E-state index contributed by atoms with van der Waals surface area (Å²) < 4.78 is 54.3. The molecule has 0 amide bonds. The summed E-state index contributed by atoms with van der Waals surface area (Å²) in [5.74, 6) is -0.385. The molecule has 0 saturated heterocycles. The van der Waals surface area contributed by atoms with E-state index >= 15 is 0 Å². The molecular weight excluding hydrogens is 330 g/mol. The van der Waals surface area contributed by atoms with Gasteiger partial charge in [-0.15, -0.1) is 0 Å². The Balaban J connectivity index is 2.54. The minimum Gasteiger partial charge on any atom is -0.370 e. The molecule has 0 heterocycles. The Kier molecular flexibility index (Phi) is 6.22. The van der Waals surface area contributed by atoms with E-state index in [4.69, 9.17) is 0 Å². The van der Waals surface area contributed by atoms with Crippen LogP contribution in [0.4, 0.5) is 17.6 Å². The van der Waals surface area contributed by atoms with Crippen LogP contribution in [0.2, 0.25) is 0 Å². The third-order valence-electron chi connectivity index (χ3n) is 2.47. The molecule has 1 rings (SSSR count). The van der Waals surface area contributed by atoms with Crippen LogP contribution in [0, 0.1) is 5.82 Å². The van der Waals surface area contributed by atoms with Crippen molar-refractivity contribution in [3.8, 4) is 0 Å². The van der Waals surface area contributed by atoms with Crippen LogP contribution in [0.5, 0.6) is 0 Å². The van der Waals surface area contributed by atoms with Crippen molar-refractivity contribution in [3.05, 3.63) is 34.1 Å². The predicted octanol–water partition coefficient (Wildman–Crippen LogP) is 3.30. The third kappa shape index (κ3) is 6.35. The quantitative estimate of drug-likeness (QED) is 0.800. The largest absolute Gasteiger partial charge is 0.411 e. The summed E-state index contributed by atoms with van der Waals surface area (Å²) in [6.45, 7) is -1.38. The number of hydrogen-bond donors (Lipinski definition) is 1. The van der Waals surface area contributed by atoms with Crippen molar-refractivity contribution < 1.29 is 22.3 Å². The lowest BCUT2D eigenvalue weighted by molar-refractivity contribution is -0.175. The number of likely N-dealkylation sites (N-methyl/N-ethyl adjacent to an activating group) is 1. The minimum absolute atomic E-state index is 0.0983. The van der Waals surface area contributed by atoms with E-state index in [2.05, 4.69) is 26.0 Å². The fourth-order valence-corrected chi connectivity index (χ4v) is 1.93. The van der Waals surface area contributed by atoms with Crippen LogP contribution in [0.1, 0.15) is 5.56 Å². The molecule has 1 N–H and O–H groups in total. The first-order valence-corrected chi connectivity index (χ1v) is 6.37. The summed E-state index contributed by atoms with van der Waals surface area (Å²) in [5.41, 5.74) is 0.676. The van der Waals surface area contributed by atoms with Gasteiger partial charge in [-0.25, -0.2) is 4.39 Å². The van der Waals surface area contributed by atoms with Crippen LogP contribution in [-0.4, -0.2) is 32.5 Å². The van der Waals surface area contributed by atoms with Crippen LogP contribution in [0.25, 0.3) is 0 Å². The molecule has 1 aromatic carbocycles. The maximum Gasteiger partial charge on any atom is 0.411 e. The van der Waals surface area contributed by atoms with Crippen LogP contribution in [-0.2, 0) is 11.2 Å². The number of hydrogen-bond acceptors (Lipinski definition) is 2. The highest BCUT2D eigenvalue weighted by atomic mass is 79.9. The van der Waals surface area contributed by atoms with Gasteiger partial charge in [-0.05, 0) is 37.2 Å². The van der Waals surface area contributed by atoms with Crippen molar-refractivity contribution >= 4 is 15.9 Å². The zero-order valence-corrected chi connectivity index (χ0v) is 11.8. The number of halogens is 5. The molecule has 0 spiro atoms. The van der Waals surface area contributed by atoms with E-state index in [1.807, 2.05) is 0 Å². The first-order valence-electron chi connectivity index (χ1n) is 5.57. The minimum atomic E-state index is -4.34. The number of nitrogens with one attached hydrogen (secondary N) is 1.